The van der Waals surface area contributed by atoms with Crippen molar-refractivity contribution >= 4 is 17.9 Å². The van der Waals surface area contributed by atoms with E-state index in [0.717, 1.165) is 70.6 Å². The predicted molar refractivity (Wildman–Crippen MR) is 224 cm³/mol. The number of aliphatic carboxylic acids is 1. The highest BCUT2D eigenvalue weighted by molar-refractivity contribution is 5.72. The summed E-state index contributed by atoms with van der Waals surface area (Å²) < 4.78 is 17.1. The number of carboxylic acids is 1. The number of likely N-dealkylation sites (N-methyl/N-ethyl adjacent to an activating group) is 1. The molecule has 0 bridgehead atoms. The number of quaternary nitrogens is 1. The van der Waals surface area contributed by atoms with Gasteiger partial charge in [0.1, 0.15) is 6.61 Å². The fourth-order valence-corrected chi connectivity index (χ4v) is 5.37. The average Bonchev–Trinajstić information content (AvgIpc) is 3.12. The highest BCUT2D eigenvalue weighted by Gasteiger charge is 2.31. The largest absolute Gasteiger partial charge is 0.477 e. The molecule has 0 aromatic carbocycles. The van der Waals surface area contributed by atoms with Crippen molar-refractivity contribution in [2.45, 2.75) is 148 Å². The van der Waals surface area contributed by atoms with E-state index >= 15 is 0 Å². The number of esters is 2. The van der Waals surface area contributed by atoms with Gasteiger partial charge in [0.25, 0.3) is 0 Å². The van der Waals surface area contributed by atoms with Gasteiger partial charge in [0.05, 0.1) is 34.4 Å². The summed E-state index contributed by atoms with van der Waals surface area (Å²) in [7, 11) is 5.49. The second-order valence-corrected chi connectivity index (χ2v) is 14.5. The Balaban J connectivity index is 4.36. The van der Waals surface area contributed by atoms with Gasteiger partial charge in [-0.05, 0) is 64.2 Å². The van der Waals surface area contributed by atoms with E-state index in [1.807, 2.05) is 21.1 Å². The molecule has 306 valence electrons. The monoisotopic (exact) mass is 755 g/mol. The second-order valence-electron chi connectivity index (χ2n) is 14.5. The molecule has 8 heteroatoms. The Bertz CT molecular complexity index is 1160. The third kappa shape index (κ3) is 34.3. The van der Waals surface area contributed by atoms with Crippen LogP contribution < -0.4 is 0 Å². The Morgan fingerprint density at radius 1 is 0.574 bits per heavy atom. The van der Waals surface area contributed by atoms with Crippen molar-refractivity contribution in [3.63, 3.8) is 0 Å². The van der Waals surface area contributed by atoms with Crippen molar-refractivity contribution in [2.24, 2.45) is 0 Å². The quantitative estimate of drug-likeness (QED) is 0.0298. The number of carbonyl (C=O) groups is 3. The fraction of sp³-hybridized carbons (Fsp3) is 0.630. The molecule has 0 aliphatic heterocycles. The molecule has 1 N–H and O–H groups in total. The van der Waals surface area contributed by atoms with Crippen LogP contribution in [0.2, 0.25) is 0 Å². The molecule has 0 rings (SSSR count). The van der Waals surface area contributed by atoms with Crippen LogP contribution in [0.4, 0.5) is 0 Å². The highest BCUT2D eigenvalue weighted by Crippen LogP contribution is 2.12. The summed E-state index contributed by atoms with van der Waals surface area (Å²) in [4.78, 5) is 36.7. The van der Waals surface area contributed by atoms with Gasteiger partial charge in [0.15, 0.2) is 12.1 Å². The molecular weight excluding hydrogens is 679 g/mol. The summed E-state index contributed by atoms with van der Waals surface area (Å²) in [6.07, 6.45) is 46.5. The zero-order valence-corrected chi connectivity index (χ0v) is 34.6. The predicted octanol–water partition coefficient (Wildman–Crippen LogP) is 11.0. The number of unbranched alkanes of at least 4 members (excludes halogenated alkanes) is 7. The molecule has 0 amide bonds. The number of hydrogen-bond acceptors (Lipinski definition) is 6. The minimum absolute atomic E-state index is 0.0385. The van der Waals surface area contributed by atoms with Crippen LogP contribution in [-0.2, 0) is 28.6 Å². The first-order chi connectivity index (χ1) is 26.1. The van der Waals surface area contributed by atoms with Crippen LogP contribution in [0.25, 0.3) is 0 Å². The number of carboxylic acid groups (broad SMARTS) is 1. The van der Waals surface area contributed by atoms with Gasteiger partial charge in [-0.1, -0.05) is 137 Å². The average molecular weight is 755 g/mol. The number of carbonyl (C=O) groups excluding carboxylic acids is 2. The van der Waals surface area contributed by atoms with Gasteiger partial charge in [-0.15, -0.1) is 0 Å². The Morgan fingerprint density at radius 3 is 1.52 bits per heavy atom. The van der Waals surface area contributed by atoms with Crippen LogP contribution in [0.1, 0.15) is 136 Å². The van der Waals surface area contributed by atoms with Crippen LogP contribution in [0.15, 0.2) is 85.1 Å². The lowest BCUT2D eigenvalue weighted by molar-refractivity contribution is -0.887. The molecule has 0 aliphatic carbocycles. The zero-order chi connectivity index (χ0) is 40.0. The fourth-order valence-electron chi connectivity index (χ4n) is 5.37. The van der Waals surface area contributed by atoms with Crippen molar-refractivity contribution in [1.29, 1.82) is 0 Å². The van der Waals surface area contributed by atoms with E-state index in [-0.39, 0.29) is 42.7 Å². The minimum Gasteiger partial charge on any atom is -0.477 e. The van der Waals surface area contributed by atoms with Gasteiger partial charge in [-0.2, -0.15) is 0 Å². The van der Waals surface area contributed by atoms with Gasteiger partial charge in [-0.3, -0.25) is 9.59 Å². The molecule has 0 saturated heterocycles. The normalized spacial score (nSPS) is 13.9. The first-order valence-electron chi connectivity index (χ1n) is 20.6. The van der Waals surface area contributed by atoms with E-state index in [9.17, 15) is 19.5 Å². The molecule has 0 heterocycles. The van der Waals surface area contributed by atoms with Crippen LogP contribution in [0.3, 0.4) is 0 Å². The van der Waals surface area contributed by atoms with E-state index in [2.05, 4.69) is 98.9 Å². The Morgan fingerprint density at radius 2 is 1.04 bits per heavy atom. The summed E-state index contributed by atoms with van der Waals surface area (Å²) in [6, 6.07) is -0.624. The Hall–Kier alpha value is -3.49. The number of ether oxygens (including phenoxy) is 3. The lowest BCUT2D eigenvalue weighted by Crippen LogP contribution is -2.50. The lowest BCUT2D eigenvalue weighted by atomic mass is 10.1. The van der Waals surface area contributed by atoms with Crippen molar-refractivity contribution in [3.8, 4) is 0 Å². The minimum atomic E-state index is -0.888. The number of nitrogens with zero attached hydrogens (tertiary/aromatic N) is 1. The van der Waals surface area contributed by atoms with E-state index < -0.39 is 18.1 Å². The highest BCUT2D eigenvalue weighted by atomic mass is 16.6. The maximum Gasteiger partial charge on any atom is 0.362 e. The SMILES string of the molecule is CC/C=C/C/C=C/C/C=C/C/C=C/C/C=C/C/C=C/C/C=C/CCCC(=O)OCC(COCCC(C(=O)O)[N+](C)(C)C)OC(=O)CCCCCCCCC. The van der Waals surface area contributed by atoms with Crippen molar-refractivity contribution in [3.05, 3.63) is 85.1 Å². The van der Waals surface area contributed by atoms with Gasteiger partial charge in [-0.25, -0.2) is 4.79 Å². The van der Waals surface area contributed by atoms with E-state index in [4.69, 9.17) is 14.2 Å². The molecular formula is C46H76NO7+. The topological polar surface area (TPSA) is 99.1 Å². The maximum atomic E-state index is 12.6. The molecule has 0 radical (unpaired) electrons. The Kier molecular flexibility index (Phi) is 34.1. The molecule has 0 saturated carbocycles. The summed E-state index contributed by atoms with van der Waals surface area (Å²) in [5, 5.41) is 9.57. The third-order valence-corrected chi connectivity index (χ3v) is 8.56. The van der Waals surface area contributed by atoms with Crippen LogP contribution in [-0.4, -0.2) is 80.6 Å². The molecule has 8 nitrogen and oxygen atoms in total. The van der Waals surface area contributed by atoms with E-state index in [0.29, 0.717) is 19.3 Å². The van der Waals surface area contributed by atoms with E-state index in [1.54, 1.807) is 0 Å². The summed E-state index contributed by atoms with van der Waals surface area (Å²) in [6.45, 7) is 4.48. The molecule has 0 aromatic heterocycles. The molecule has 0 spiro atoms. The maximum absolute atomic E-state index is 12.6. The summed E-state index contributed by atoms with van der Waals surface area (Å²) >= 11 is 0. The first-order valence-corrected chi connectivity index (χ1v) is 20.6. The van der Waals surface area contributed by atoms with Gasteiger partial charge in [0, 0.05) is 19.3 Å². The number of hydrogen-bond donors (Lipinski definition) is 1. The van der Waals surface area contributed by atoms with Crippen molar-refractivity contribution in [2.75, 3.05) is 41.0 Å². The van der Waals surface area contributed by atoms with Gasteiger partial charge in [0.2, 0.25) is 0 Å². The Labute approximate surface area is 329 Å². The number of rotatable bonds is 35. The third-order valence-electron chi connectivity index (χ3n) is 8.56. The standard InChI is InChI=1S/C46H75NO7/c1-6-8-10-12-14-15-16-17-18-19-20-21-22-23-24-25-26-27-28-29-31-32-34-36-44(48)53-41-42(40-52-39-38-43(46(50)51)47(3,4)5)54-45(49)37-35-33-30-13-11-9-7-2/h8,10,14-15,17-18,20-21,23-24,26-27,29,31,42-43H,6-7,9,11-13,16,19,22,25,28,30,32-41H2,1-5H3/p+1/b10-8+,15-14+,18-17+,21-20+,24-23+,27-26+,31-29+. The molecule has 54 heavy (non-hydrogen) atoms. The first kappa shape index (κ1) is 50.5. The molecule has 0 fully saturated rings. The van der Waals surface area contributed by atoms with Gasteiger partial charge >= 0.3 is 17.9 Å². The molecule has 2 unspecified atom stereocenters. The summed E-state index contributed by atoms with van der Waals surface area (Å²) in [5.41, 5.74) is 0. The van der Waals surface area contributed by atoms with Crippen LogP contribution in [0.5, 0.6) is 0 Å². The van der Waals surface area contributed by atoms with Crippen LogP contribution in [0, 0.1) is 0 Å². The van der Waals surface area contributed by atoms with E-state index in [1.165, 1.54) is 25.7 Å². The second kappa shape index (κ2) is 36.5. The lowest BCUT2D eigenvalue weighted by Gasteiger charge is -2.31. The number of allylic oxidation sites excluding steroid dienone is 14. The molecule has 0 aliphatic rings. The zero-order valence-electron chi connectivity index (χ0n) is 34.6. The smallest absolute Gasteiger partial charge is 0.362 e. The van der Waals surface area contributed by atoms with Crippen molar-refractivity contribution in [1.82, 2.24) is 0 Å². The van der Waals surface area contributed by atoms with Crippen molar-refractivity contribution < 1.29 is 38.2 Å². The molecule has 2 atom stereocenters. The van der Waals surface area contributed by atoms with Crippen LogP contribution >= 0.6 is 0 Å². The molecule has 0 aromatic rings. The van der Waals surface area contributed by atoms with Gasteiger partial charge < -0.3 is 23.8 Å². The summed E-state index contributed by atoms with van der Waals surface area (Å²) in [5.74, 6) is -1.56.